The van der Waals surface area contributed by atoms with E-state index in [0.29, 0.717) is 5.69 Å². The maximum atomic E-state index is 13.1. The van der Waals surface area contributed by atoms with Gasteiger partial charge in [0.1, 0.15) is 5.75 Å². The lowest BCUT2D eigenvalue weighted by molar-refractivity contribution is -0.139. The Labute approximate surface area is 203 Å². The number of hydrogen-bond acceptors (Lipinski definition) is 5. The first-order chi connectivity index (χ1) is 16.9. The van der Waals surface area contributed by atoms with Crippen molar-refractivity contribution in [3.8, 4) is 5.75 Å². The zero-order valence-electron chi connectivity index (χ0n) is 19.4. The van der Waals surface area contributed by atoms with Crippen LogP contribution in [0.15, 0.2) is 66.7 Å². The van der Waals surface area contributed by atoms with Crippen LogP contribution in [-0.4, -0.2) is 35.1 Å². The van der Waals surface area contributed by atoms with Crippen LogP contribution in [0.1, 0.15) is 31.4 Å². The second kappa shape index (κ2) is 8.18. The molecule has 0 unspecified atom stereocenters. The number of anilines is 1. The summed E-state index contributed by atoms with van der Waals surface area (Å²) >= 11 is 0. The van der Waals surface area contributed by atoms with Crippen LogP contribution in [-0.2, 0) is 19.2 Å². The molecule has 178 valence electrons. The van der Waals surface area contributed by atoms with Crippen molar-refractivity contribution < 1.29 is 23.9 Å². The summed E-state index contributed by atoms with van der Waals surface area (Å²) in [6.07, 6.45) is 5.09. The van der Waals surface area contributed by atoms with Gasteiger partial charge in [0.25, 0.3) is 0 Å². The van der Waals surface area contributed by atoms with Gasteiger partial charge in [-0.15, -0.1) is 0 Å². The highest BCUT2D eigenvalue weighted by atomic mass is 16.5. The highest BCUT2D eigenvalue weighted by Gasteiger charge is 2.59. The number of benzene rings is 2. The molecule has 6 rings (SSSR count). The van der Waals surface area contributed by atoms with Crippen LogP contribution < -0.4 is 9.64 Å². The number of imide groups is 1. The van der Waals surface area contributed by atoms with Crippen molar-refractivity contribution in [3.05, 3.63) is 72.3 Å². The Morgan fingerprint density at radius 3 is 2.31 bits per heavy atom. The van der Waals surface area contributed by atoms with E-state index in [0.717, 1.165) is 12.0 Å². The molecule has 2 saturated heterocycles. The SMILES string of the molecule is C[C@H](c1ccccc1)N1C[C@@H](C(=O)Oc2cccc(N3C(=O)[C@@H]4[C@H](C3=O)[C@H]3C=C[C@H]4C3)c2)CC1=O. The summed E-state index contributed by atoms with van der Waals surface area (Å²) < 4.78 is 5.62. The fourth-order valence-electron chi connectivity index (χ4n) is 6.22. The third kappa shape index (κ3) is 3.49. The Kier molecular flexibility index (Phi) is 5.09. The molecule has 2 aliphatic carbocycles. The maximum Gasteiger partial charge on any atom is 0.316 e. The quantitative estimate of drug-likeness (QED) is 0.289. The Morgan fingerprint density at radius 1 is 0.943 bits per heavy atom. The molecule has 2 heterocycles. The molecule has 6 atom stereocenters. The first kappa shape index (κ1) is 21.8. The molecule has 0 radical (unpaired) electrons. The number of amides is 3. The summed E-state index contributed by atoms with van der Waals surface area (Å²) in [7, 11) is 0. The van der Waals surface area contributed by atoms with E-state index < -0.39 is 11.9 Å². The first-order valence-corrected chi connectivity index (χ1v) is 12.1. The molecule has 35 heavy (non-hydrogen) atoms. The molecule has 0 spiro atoms. The van der Waals surface area contributed by atoms with Crippen molar-refractivity contribution >= 4 is 29.4 Å². The normalized spacial score (nSPS) is 29.7. The van der Waals surface area contributed by atoms with E-state index in [1.807, 2.05) is 37.3 Å². The minimum Gasteiger partial charge on any atom is -0.426 e. The molecule has 2 aromatic rings. The van der Waals surface area contributed by atoms with Crippen LogP contribution in [0.3, 0.4) is 0 Å². The van der Waals surface area contributed by atoms with Crippen molar-refractivity contribution in [2.45, 2.75) is 25.8 Å². The molecule has 7 heteroatoms. The molecule has 0 aromatic heterocycles. The Balaban J connectivity index is 1.15. The summed E-state index contributed by atoms with van der Waals surface area (Å²) in [5.41, 5.74) is 1.43. The largest absolute Gasteiger partial charge is 0.426 e. The van der Waals surface area contributed by atoms with Crippen LogP contribution in [0.5, 0.6) is 5.75 Å². The number of allylic oxidation sites excluding steroid dienone is 2. The van der Waals surface area contributed by atoms with Gasteiger partial charge in [-0.1, -0.05) is 48.6 Å². The van der Waals surface area contributed by atoms with E-state index in [9.17, 15) is 19.2 Å². The summed E-state index contributed by atoms with van der Waals surface area (Å²) in [5.74, 6) is -1.54. The lowest BCUT2D eigenvalue weighted by Crippen LogP contribution is -2.33. The second-order valence-electron chi connectivity index (χ2n) is 9.96. The molecule has 2 aromatic carbocycles. The number of hydrogen-bond donors (Lipinski definition) is 0. The molecule has 3 fully saturated rings. The number of ether oxygens (including phenoxy) is 1. The van der Waals surface area contributed by atoms with Gasteiger partial charge in [-0.2, -0.15) is 0 Å². The van der Waals surface area contributed by atoms with Gasteiger partial charge >= 0.3 is 5.97 Å². The molecule has 7 nitrogen and oxygen atoms in total. The highest BCUT2D eigenvalue weighted by molar-refractivity contribution is 6.22. The number of carbonyl (C=O) groups excluding carboxylic acids is 4. The molecular formula is C28H26N2O5. The lowest BCUT2D eigenvalue weighted by Gasteiger charge is -2.25. The van der Waals surface area contributed by atoms with Crippen LogP contribution >= 0.6 is 0 Å². The minimum atomic E-state index is -0.576. The summed E-state index contributed by atoms with van der Waals surface area (Å²) in [4.78, 5) is 54.7. The van der Waals surface area contributed by atoms with Crippen molar-refractivity contribution in [1.29, 1.82) is 0 Å². The fraction of sp³-hybridized carbons (Fsp3) is 0.357. The van der Waals surface area contributed by atoms with Gasteiger partial charge in [-0.25, -0.2) is 4.90 Å². The third-order valence-corrected chi connectivity index (χ3v) is 8.01. The van der Waals surface area contributed by atoms with Crippen LogP contribution in [0.2, 0.25) is 0 Å². The average molecular weight is 471 g/mol. The van der Waals surface area contributed by atoms with Gasteiger partial charge in [0.2, 0.25) is 17.7 Å². The van der Waals surface area contributed by atoms with Crippen molar-refractivity contribution in [1.82, 2.24) is 4.90 Å². The van der Waals surface area contributed by atoms with E-state index in [2.05, 4.69) is 12.2 Å². The third-order valence-electron chi connectivity index (χ3n) is 8.01. The number of esters is 1. The van der Waals surface area contributed by atoms with Crippen LogP contribution in [0, 0.1) is 29.6 Å². The monoisotopic (exact) mass is 470 g/mol. The molecule has 2 aliphatic heterocycles. The topological polar surface area (TPSA) is 84.0 Å². The predicted octanol–water partition coefficient (Wildman–Crippen LogP) is 3.51. The van der Waals surface area contributed by atoms with Crippen molar-refractivity contribution in [3.63, 3.8) is 0 Å². The number of nitrogens with zero attached hydrogens (tertiary/aromatic N) is 2. The fourth-order valence-corrected chi connectivity index (χ4v) is 6.22. The summed E-state index contributed by atoms with van der Waals surface area (Å²) in [5, 5.41) is 0. The van der Waals surface area contributed by atoms with Gasteiger partial charge in [0.05, 0.1) is 29.5 Å². The number of likely N-dealkylation sites (tertiary alicyclic amines) is 1. The first-order valence-electron chi connectivity index (χ1n) is 12.1. The number of fused-ring (bicyclic) bond motifs is 5. The highest BCUT2D eigenvalue weighted by Crippen LogP contribution is 2.53. The molecular weight excluding hydrogens is 444 g/mol. The van der Waals surface area contributed by atoms with Crippen molar-refractivity contribution in [2.75, 3.05) is 11.4 Å². The summed E-state index contributed by atoms with van der Waals surface area (Å²) in [6, 6.07) is 16.1. The predicted molar refractivity (Wildman–Crippen MR) is 127 cm³/mol. The van der Waals surface area contributed by atoms with E-state index in [1.165, 1.54) is 4.90 Å². The minimum absolute atomic E-state index is 0.0832. The summed E-state index contributed by atoms with van der Waals surface area (Å²) in [6.45, 7) is 2.24. The van der Waals surface area contributed by atoms with E-state index >= 15 is 0 Å². The van der Waals surface area contributed by atoms with Crippen LogP contribution in [0.25, 0.3) is 0 Å². The molecule has 0 N–H and O–H groups in total. The van der Waals surface area contributed by atoms with Gasteiger partial charge < -0.3 is 9.64 Å². The molecule has 4 aliphatic rings. The van der Waals surface area contributed by atoms with Gasteiger partial charge in [-0.3, -0.25) is 19.2 Å². The molecule has 2 bridgehead atoms. The average Bonchev–Trinajstić information content (AvgIpc) is 3.63. The standard InChI is InChI=1S/C28H26N2O5/c1-16(17-6-3-2-4-7-17)29-15-20(13-23(29)31)28(34)35-22-9-5-8-21(14-22)30-26(32)24-18-10-11-19(12-18)25(24)27(30)33/h2-11,14,16,18-20,24-25H,12-13,15H2,1H3/t16-,18+,19+,20+,24-,25+/m1/s1. The second-order valence-corrected chi connectivity index (χ2v) is 9.96. The number of carbonyl (C=O) groups is 4. The Morgan fingerprint density at radius 2 is 1.63 bits per heavy atom. The van der Waals surface area contributed by atoms with Crippen molar-refractivity contribution in [2.24, 2.45) is 29.6 Å². The zero-order chi connectivity index (χ0) is 24.3. The smallest absolute Gasteiger partial charge is 0.316 e. The van der Waals surface area contributed by atoms with Gasteiger partial charge in [-0.05, 0) is 42.9 Å². The van der Waals surface area contributed by atoms with E-state index in [1.54, 1.807) is 29.2 Å². The van der Waals surface area contributed by atoms with E-state index in [-0.39, 0.29) is 66.2 Å². The lowest BCUT2D eigenvalue weighted by atomic mass is 9.85. The number of rotatable bonds is 5. The van der Waals surface area contributed by atoms with Gasteiger partial charge in [0, 0.05) is 19.0 Å². The van der Waals surface area contributed by atoms with Gasteiger partial charge in [0.15, 0.2) is 0 Å². The zero-order valence-corrected chi connectivity index (χ0v) is 19.4. The van der Waals surface area contributed by atoms with Crippen LogP contribution in [0.4, 0.5) is 5.69 Å². The van der Waals surface area contributed by atoms with E-state index in [4.69, 9.17) is 4.74 Å². The Bertz CT molecular complexity index is 1230. The Hall–Kier alpha value is -3.74. The maximum absolute atomic E-state index is 13.1. The molecule has 1 saturated carbocycles. The molecule has 3 amide bonds.